The van der Waals surface area contributed by atoms with Gasteiger partial charge in [0, 0.05) is 18.7 Å². The van der Waals surface area contributed by atoms with E-state index < -0.39 is 0 Å². The molecule has 152 valence electrons. The quantitative estimate of drug-likeness (QED) is 0.626. The fourth-order valence-corrected chi connectivity index (χ4v) is 4.54. The largest absolute Gasteiger partial charge is 0.341 e. The van der Waals surface area contributed by atoms with E-state index in [4.69, 9.17) is 5.84 Å². The van der Waals surface area contributed by atoms with Gasteiger partial charge in [-0.3, -0.25) is 4.79 Å². The molecule has 0 radical (unpaired) electrons. The Labute approximate surface area is 171 Å². The van der Waals surface area contributed by atoms with Gasteiger partial charge < -0.3 is 10.7 Å². The normalized spacial score (nSPS) is 20.4. The molecule has 2 atom stereocenters. The van der Waals surface area contributed by atoms with Gasteiger partial charge in [-0.05, 0) is 29.2 Å². The van der Waals surface area contributed by atoms with Crippen molar-refractivity contribution in [3.8, 4) is 11.4 Å². The predicted octanol–water partition coefficient (Wildman–Crippen LogP) is 3.55. The fourth-order valence-electron chi connectivity index (χ4n) is 3.78. The molecule has 1 aliphatic rings. The van der Waals surface area contributed by atoms with Crippen molar-refractivity contribution >= 4 is 17.7 Å². The van der Waals surface area contributed by atoms with Crippen molar-refractivity contribution < 1.29 is 4.79 Å². The second-order valence-corrected chi connectivity index (χ2v) is 9.98. The SMILES string of the molecule is CC1CC(C)CN(C(=O)CSc2nnc(-c3ccc(C(C)(C)C)cc3)n2N)C1. The molecule has 0 bridgehead atoms. The van der Waals surface area contributed by atoms with Gasteiger partial charge in [0.05, 0.1) is 5.75 Å². The first-order valence-corrected chi connectivity index (χ1v) is 10.9. The fraction of sp³-hybridized carbons (Fsp3) is 0.571. The number of thioether (sulfide) groups is 1. The number of likely N-dealkylation sites (tertiary alicyclic amines) is 1. The number of nitrogens with two attached hydrogens (primary N) is 1. The zero-order chi connectivity index (χ0) is 20.5. The molecule has 1 aromatic heterocycles. The van der Waals surface area contributed by atoms with Crippen LogP contribution in [-0.4, -0.2) is 44.5 Å². The van der Waals surface area contributed by atoms with E-state index in [1.807, 2.05) is 17.0 Å². The van der Waals surface area contributed by atoms with Gasteiger partial charge in [0.25, 0.3) is 0 Å². The molecule has 0 aliphatic carbocycles. The topological polar surface area (TPSA) is 77.0 Å². The predicted molar refractivity (Wildman–Crippen MR) is 115 cm³/mol. The van der Waals surface area contributed by atoms with E-state index >= 15 is 0 Å². The first-order valence-electron chi connectivity index (χ1n) is 9.87. The highest BCUT2D eigenvalue weighted by Gasteiger charge is 2.26. The molecule has 1 aliphatic heterocycles. The van der Waals surface area contributed by atoms with Crippen LogP contribution in [-0.2, 0) is 10.2 Å². The van der Waals surface area contributed by atoms with Crippen molar-refractivity contribution in [2.75, 3.05) is 24.7 Å². The van der Waals surface area contributed by atoms with Crippen LogP contribution in [0, 0.1) is 11.8 Å². The van der Waals surface area contributed by atoms with E-state index in [1.54, 1.807) is 0 Å². The van der Waals surface area contributed by atoms with E-state index in [0.717, 1.165) is 18.7 Å². The zero-order valence-electron chi connectivity index (χ0n) is 17.5. The minimum absolute atomic E-state index is 0.0970. The summed E-state index contributed by atoms with van der Waals surface area (Å²) in [7, 11) is 0. The molecule has 2 heterocycles. The lowest BCUT2D eigenvalue weighted by atomic mass is 9.87. The third-order valence-electron chi connectivity index (χ3n) is 5.22. The number of hydrogen-bond donors (Lipinski definition) is 1. The van der Waals surface area contributed by atoms with Gasteiger partial charge in [-0.1, -0.05) is 70.6 Å². The van der Waals surface area contributed by atoms with Gasteiger partial charge in [0.15, 0.2) is 5.82 Å². The van der Waals surface area contributed by atoms with Crippen molar-refractivity contribution in [2.24, 2.45) is 11.8 Å². The molecule has 7 heteroatoms. The van der Waals surface area contributed by atoms with E-state index in [-0.39, 0.29) is 11.3 Å². The van der Waals surface area contributed by atoms with Crippen molar-refractivity contribution in [3.05, 3.63) is 29.8 Å². The zero-order valence-corrected chi connectivity index (χ0v) is 18.3. The Balaban J connectivity index is 1.65. The van der Waals surface area contributed by atoms with Crippen LogP contribution in [0.25, 0.3) is 11.4 Å². The summed E-state index contributed by atoms with van der Waals surface area (Å²) in [5.74, 6) is 8.40. The van der Waals surface area contributed by atoms with Gasteiger partial charge in [0.1, 0.15) is 0 Å². The number of amides is 1. The Kier molecular flexibility index (Phi) is 6.03. The van der Waals surface area contributed by atoms with Crippen molar-refractivity contribution in [1.29, 1.82) is 0 Å². The third-order valence-corrected chi connectivity index (χ3v) is 6.15. The lowest BCUT2D eigenvalue weighted by Gasteiger charge is -2.34. The standard InChI is InChI=1S/C21H31N5OS/c1-14-10-15(2)12-25(11-14)18(27)13-28-20-24-23-19(26(20)22)16-6-8-17(9-7-16)21(3,4)5/h6-9,14-15H,10-13,22H2,1-5H3. The molecular weight excluding hydrogens is 370 g/mol. The number of nitrogens with zero attached hydrogens (tertiary/aromatic N) is 4. The Morgan fingerprint density at radius 3 is 2.32 bits per heavy atom. The average Bonchev–Trinajstić information content (AvgIpc) is 2.99. The van der Waals surface area contributed by atoms with Crippen LogP contribution in [0.3, 0.4) is 0 Å². The number of aromatic nitrogens is 3. The highest BCUT2D eigenvalue weighted by atomic mass is 32.2. The molecule has 1 amide bonds. The van der Waals surface area contributed by atoms with Crippen LogP contribution in [0.5, 0.6) is 0 Å². The molecule has 6 nitrogen and oxygen atoms in total. The van der Waals surface area contributed by atoms with Crippen LogP contribution >= 0.6 is 11.8 Å². The average molecular weight is 402 g/mol. The highest BCUT2D eigenvalue weighted by Crippen LogP contribution is 2.27. The first kappa shape index (κ1) is 20.7. The second-order valence-electron chi connectivity index (χ2n) is 9.04. The van der Waals surface area contributed by atoms with Gasteiger partial charge in [0.2, 0.25) is 11.1 Å². The molecule has 0 saturated carbocycles. The number of piperidine rings is 1. The second kappa shape index (κ2) is 8.15. The number of hydrogen-bond acceptors (Lipinski definition) is 5. The van der Waals surface area contributed by atoms with Crippen molar-refractivity contribution in [1.82, 2.24) is 19.8 Å². The molecule has 1 saturated heterocycles. The van der Waals surface area contributed by atoms with E-state index in [2.05, 4.69) is 56.9 Å². The number of rotatable bonds is 4. The molecule has 2 unspecified atom stereocenters. The van der Waals surface area contributed by atoms with Crippen LogP contribution < -0.4 is 5.84 Å². The minimum atomic E-state index is 0.0970. The summed E-state index contributed by atoms with van der Waals surface area (Å²) >= 11 is 1.35. The molecule has 2 N–H and O–H groups in total. The molecule has 0 spiro atoms. The van der Waals surface area contributed by atoms with Gasteiger partial charge in [-0.15, -0.1) is 10.2 Å². The maximum atomic E-state index is 12.6. The maximum Gasteiger partial charge on any atom is 0.233 e. The number of carbonyl (C=O) groups excluding carboxylic acids is 1. The Morgan fingerprint density at radius 2 is 1.75 bits per heavy atom. The Morgan fingerprint density at radius 1 is 1.14 bits per heavy atom. The number of benzene rings is 1. The summed E-state index contributed by atoms with van der Waals surface area (Å²) in [6.07, 6.45) is 1.19. The van der Waals surface area contributed by atoms with Crippen molar-refractivity contribution in [3.63, 3.8) is 0 Å². The molecule has 2 aromatic rings. The van der Waals surface area contributed by atoms with Gasteiger partial charge in [-0.25, -0.2) is 4.68 Å². The smallest absolute Gasteiger partial charge is 0.233 e. The third kappa shape index (κ3) is 4.69. The minimum Gasteiger partial charge on any atom is -0.341 e. The van der Waals surface area contributed by atoms with Gasteiger partial charge >= 0.3 is 0 Å². The lowest BCUT2D eigenvalue weighted by molar-refractivity contribution is -0.130. The number of carbonyl (C=O) groups is 1. The van der Waals surface area contributed by atoms with Crippen molar-refractivity contribution in [2.45, 2.75) is 51.6 Å². The molecule has 28 heavy (non-hydrogen) atoms. The summed E-state index contributed by atoms with van der Waals surface area (Å²) in [6, 6.07) is 8.23. The van der Waals surface area contributed by atoms with Crippen LogP contribution in [0.4, 0.5) is 0 Å². The molecule has 1 aromatic carbocycles. The molecule has 1 fully saturated rings. The monoisotopic (exact) mass is 401 g/mol. The summed E-state index contributed by atoms with van der Waals surface area (Å²) in [4.78, 5) is 14.6. The highest BCUT2D eigenvalue weighted by molar-refractivity contribution is 7.99. The maximum absolute atomic E-state index is 12.6. The summed E-state index contributed by atoms with van der Waals surface area (Å²) in [5.41, 5.74) is 2.27. The van der Waals surface area contributed by atoms with E-state index in [9.17, 15) is 4.79 Å². The Hall–Kier alpha value is -2.02. The van der Waals surface area contributed by atoms with E-state index in [0.29, 0.717) is 28.6 Å². The molecular formula is C21H31N5OS. The lowest BCUT2D eigenvalue weighted by Crippen LogP contribution is -2.43. The summed E-state index contributed by atoms with van der Waals surface area (Å²) in [5, 5.41) is 8.98. The van der Waals surface area contributed by atoms with Crippen LogP contribution in [0.2, 0.25) is 0 Å². The van der Waals surface area contributed by atoms with Gasteiger partial charge in [-0.2, -0.15) is 0 Å². The van der Waals surface area contributed by atoms with E-state index in [1.165, 1.54) is 28.4 Å². The summed E-state index contributed by atoms with van der Waals surface area (Å²) in [6.45, 7) is 12.6. The first-order chi connectivity index (χ1) is 13.1. The number of nitrogen functional groups attached to an aromatic ring is 1. The summed E-state index contributed by atoms with van der Waals surface area (Å²) < 4.78 is 1.48. The van der Waals surface area contributed by atoms with Crippen LogP contribution in [0.1, 0.15) is 46.6 Å². The molecule has 3 rings (SSSR count). The Bertz CT molecular complexity index is 814. The van der Waals surface area contributed by atoms with Crippen LogP contribution in [0.15, 0.2) is 29.4 Å².